The van der Waals surface area contributed by atoms with E-state index in [1.807, 2.05) is 0 Å². The highest BCUT2D eigenvalue weighted by atomic mass is 32.2. The molecule has 1 heterocycles. The van der Waals surface area contributed by atoms with Crippen LogP contribution in [-0.2, 0) is 19.9 Å². The van der Waals surface area contributed by atoms with Crippen LogP contribution in [-0.4, -0.2) is 34.9 Å². The van der Waals surface area contributed by atoms with Crippen molar-refractivity contribution in [2.45, 2.75) is 11.3 Å². The number of nitrogens with one attached hydrogen (secondary N) is 1. The number of halogens is 1. The van der Waals surface area contributed by atoms with Crippen LogP contribution in [0.4, 0.5) is 10.1 Å². The van der Waals surface area contributed by atoms with Crippen LogP contribution in [0.5, 0.6) is 0 Å². The Morgan fingerprint density at radius 3 is 2.70 bits per heavy atom. The van der Waals surface area contributed by atoms with Crippen molar-refractivity contribution >= 4 is 25.5 Å². The number of benzene rings is 1. The van der Waals surface area contributed by atoms with Crippen LogP contribution in [0.25, 0.3) is 0 Å². The largest absolute Gasteiger partial charge is 0.399 e. The van der Waals surface area contributed by atoms with Crippen molar-refractivity contribution in [1.29, 1.82) is 0 Å². The molecule has 112 valence electrons. The molecule has 1 unspecified atom stereocenters. The number of nitrogen functional groups attached to an aromatic ring is 1. The van der Waals surface area contributed by atoms with Gasteiger partial charge in [-0.15, -0.1) is 0 Å². The average molecular weight is 322 g/mol. The van der Waals surface area contributed by atoms with E-state index in [1.54, 1.807) is 0 Å². The van der Waals surface area contributed by atoms with Crippen molar-refractivity contribution < 1.29 is 21.2 Å². The fraction of sp³-hybridized carbons (Fsp3) is 0.455. The van der Waals surface area contributed by atoms with E-state index >= 15 is 0 Å². The maximum Gasteiger partial charge on any atom is 0.243 e. The third kappa shape index (κ3) is 3.47. The topological polar surface area (TPSA) is 106 Å². The van der Waals surface area contributed by atoms with Crippen LogP contribution in [0.1, 0.15) is 6.42 Å². The molecule has 1 atom stereocenters. The highest BCUT2D eigenvalue weighted by molar-refractivity contribution is 7.91. The van der Waals surface area contributed by atoms with Gasteiger partial charge in [-0.05, 0) is 30.5 Å². The molecule has 9 heteroatoms. The summed E-state index contributed by atoms with van der Waals surface area (Å²) >= 11 is 0. The van der Waals surface area contributed by atoms with E-state index in [4.69, 9.17) is 5.73 Å². The summed E-state index contributed by atoms with van der Waals surface area (Å²) in [6.45, 7) is -0.0319. The zero-order valence-corrected chi connectivity index (χ0v) is 12.2. The Morgan fingerprint density at radius 1 is 1.40 bits per heavy atom. The van der Waals surface area contributed by atoms with Gasteiger partial charge in [0, 0.05) is 12.2 Å². The van der Waals surface area contributed by atoms with Gasteiger partial charge in [-0.25, -0.2) is 25.9 Å². The molecular formula is C11H15FN2O4S2. The molecule has 1 aliphatic rings. The third-order valence-electron chi connectivity index (χ3n) is 3.13. The van der Waals surface area contributed by atoms with E-state index in [0.29, 0.717) is 6.42 Å². The fourth-order valence-electron chi connectivity index (χ4n) is 2.06. The predicted molar refractivity (Wildman–Crippen MR) is 72.8 cm³/mol. The molecule has 0 amide bonds. The first-order valence-electron chi connectivity index (χ1n) is 5.95. The molecule has 20 heavy (non-hydrogen) atoms. The minimum atomic E-state index is -4.04. The lowest BCUT2D eigenvalue weighted by Crippen LogP contribution is -2.30. The lowest BCUT2D eigenvalue weighted by Gasteiger charge is -2.11. The van der Waals surface area contributed by atoms with Crippen LogP contribution in [0, 0.1) is 11.7 Å². The molecule has 1 fully saturated rings. The summed E-state index contributed by atoms with van der Waals surface area (Å²) in [7, 11) is -7.11. The number of rotatable bonds is 4. The zero-order valence-electron chi connectivity index (χ0n) is 10.5. The summed E-state index contributed by atoms with van der Waals surface area (Å²) in [6, 6.07) is 3.27. The van der Waals surface area contributed by atoms with Gasteiger partial charge in [0.05, 0.1) is 11.5 Å². The Labute approximate surface area is 117 Å². The number of hydrogen-bond donors (Lipinski definition) is 2. The normalized spacial score (nSPS) is 21.9. The molecule has 6 nitrogen and oxygen atoms in total. The summed E-state index contributed by atoms with van der Waals surface area (Å²) in [4.78, 5) is -0.529. The van der Waals surface area contributed by atoms with E-state index in [1.165, 1.54) is 6.07 Å². The van der Waals surface area contributed by atoms with Crippen molar-refractivity contribution in [2.24, 2.45) is 5.92 Å². The first-order valence-corrected chi connectivity index (χ1v) is 9.25. The van der Waals surface area contributed by atoms with Gasteiger partial charge >= 0.3 is 0 Å². The molecule has 3 N–H and O–H groups in total. The molecule has 0 radical (unpaired) electrons. The Kier molecular flexibility index (Phi) is 4.03. The second-order valence-corrected chi connectivity index (χ2v) is 8.77. The first-order chi connectivity index (χ1) is 9.20. The van der Waals surface area contributed by atoms with Gasteiger partial charge in [-0.1, -0.05) is 0 Å². The number of hydrogen-bond acceptors (Lipinski definition) is 5. The van der Waals surface area contributed by atoms with Gasteiger partial charge in [0.1, 0.15) is 10.7 Å². The summed E-state index contributed by atoms with van der Waals surface area (Å²) in [5, 5.41) is 0. The molecular weight excluding hydrogens is 307 g/mol. The first kappa shape index (κ1) is 15.2. The van der Waals surface area contributed by atoms with Crippen LogP contribution < -0.4 is 10.5 Å². The molecule has 0 aliphatic carbocycles. The molecule has 2 rings (SSSR count). The van der Waals surface area contributed by atoms with Crippen LogP contribution in [0.2, 0.25) is 0 Å². The SMILES string of the molecule is Nc1ccc(F)c(S(=O)(=O)NCC2CCS(=O)(=O)C2)c1. The molecule has 0 saturated carbocycles. The lowest BCUT2D eigenvalue weighted by atomic mass is 10.1. The summed E-state index contributed by atoms with van der Waals surface area (Å²) < 4.78 is 62.2. The Bertz CT molecular complexity index is 716. The van der Waals surface area contributed by atoms with Crippen LogP contribution >= 0.6 is 0 Å². The van der Waals surface area contributed by atoms with E-state index in [2.05, 4.69) is 4.72 Å². The summed E-state index contributed by atoms with van der Waals surface area (Å²) in [6.07, 6.45) is 0.407. The summed E-state index contributed by atoms with van der Waals surface area (Å²) in [5.74, 6) is -1.16. The Balaban J connectivity index is 2.10. The number of nitrogens with two attached hydrogens (primary N) is 1. The minimum Gasteiger partial charge on any atom is -0.399 e. The predicted octanol–water partition coefficient (Wildman–Crippen LogP) is 0.121. The van der Waals surface area contributed by atoms with Crippen LogP contribution in [0.15, 0.2) is 23.1 Å². The van der Waals surface area contributed by atoms with Crippen molar-refractivity contribution in [3.8, 4) is 0 Å². The molecule has 1 aliphatic heterocycles. The van der Waals surface area contributed by atoms with Gasteiger partial charge in [0.25, 0.3) is 0 Å². The third-order valence-corrected chi connectivity index (χ3v) is 6.41. The molecule has 0 spiro atoms. The second-order valence-electron chi connectivity index (χ2n) is 4.81. The molecule has 1 saturated heterocycles. The zero-order chi connectivity index (χ0) is 15.0. The van der Waals surface area contributed by atoms with Crippen molar-refractivity contribution in [3.05, 3.63) is 24.0 Å². The van der Waals surface area contributed by atoms with Crippen molar-refractivity contribution in [3.63, 3.8) is 0 Å². The molecule has 1 aromatic rings. The van der Waals surface area contributed by atoms with E-state index in [0.717, 1.165) is 12.1 Å². The average Bonchev–Trinajstić information content (AvgIpc) is 2.70. The molecule has 1 aromatic carbocycles. The van der Waals surface area contributed by atoms with Gasteiger partial charge in [0.2, 0.25) is 10.0 Å². The maximum atomic E-state index is 13.5. The monoisotopic (exact) mass is 322 g/mol. The van der Waals surface area contributed by atoms with Gasteiger partial charge in [-0.3, -0.25) is 0 Å². The highest BCUT2D eigenvalue weighted by Crippen LogP contribution is 2.20. The van der Waals surface area contributed by atoms with Crippen molar-refractivity contribution in [2.75, 3.05) is 23.8 Å². The summed E-state index contributed by atoms with van der Waals surface area (Å²) in [5.41, 5.74) is 5.57. The fourth-order valence-corrected chi connectivity index (χ4v) is 5.15. The number of sulfonamides is 1. The van der Waals surface area contributed by atoms with Crippen LogP contribution in [0.3, 0.4) is 0 Å². The van der Waals surface area contributed by atoms with Gasteiger partial charge < -0.3 is 5.73 Å². The second kappa shape index (κ2) is 5.30. The standard InChI is InChI=1S/C11H15FN2O4S2/c12-10-2-1-9(13)5-11(10)20(17,18)14-6-8-3-4-19(15,16)7-8/h1-2,5,8,14H,3-4,6-7,13H2. The van der Waals surface area contributed by atoms with Gasteiger partial charge in [0.15, 0.2) is 9.84 Å². The van der Waals surface area contributed by atoms with Crippen molar-refractivity contribution in [1.82, 2.24) is 4.72 Å². The van der Waals surface area contributed by atoms with E-state index in [9.17, 15) is 21.2 Å². The maximum absolute atomic E-state index is 13.5. The van der Waals surface area contributed by atoms with E-state index < -0.39 is 30.6 Å². The highest BCUT2D eigenvalue weighted by Gasteiger charge is 2.29. The van der Waals surface area contributed by atoms with Gasteiger partial charge in [-0.2, -0.15) is 0 Å². The molecule has 0 bridgehead atoms. The smallest absolute Gasteiger partial charge is 0.243 e. The molecule has 0 aromatic heterocycles. The Morgan fingerprint density at radius 2 is 2.10 bits per heavy atom. The van der Waals surface area contributed by atoms with E-state index in [-0.39, 0.29) is 29.7 Å². The number of sulfone groups is 1. The lowest BCUT2D eigenvalue weighted by molar-refractivity contribution is 0.532. The number of anilines is 1. The minimum absolute atomic E-state index is 0.0319. The quantitative estimate of drug-likeness (QED) is 0.766. The Hall–Kier alpha value is -1.19.